The van der Waals surface area contributed by atoms with Crippen LogP contribution in [0.1, 0.15) is 31.2 Å². The summed E-state index contributed by atoms with van der Waals surface area (Å²) in [4.78, 5) is 1.33. The highest BCUT2D eigenvalue weighted by molar-refractivity contribution is 7.99. The van der Waals surface area contributed by atoms with Gasteiger partial charge in [0.05, 0.1) is 0 Å². The van der Waals surface area contributed by atoms with Crippen molar-refractivity contribution in [3.05, 3.63) is 109 Å². The number of benzene rings is 5. The van der Waals surface area contributed by atoms with E-state index in [1.165, 1.54) is 83.1 Å². The SMILES string of the molecule is CSc1c(-c2ccc(C3=CCCCC3)cc2Nc2ccc3sc4ccccc4c3c2)ccc2ccccc12. The molecule has 1 aliphatic rings. The number of thioether (sulfide) groups is 1. The number of fused-ring (bicyclic) bond motifs is 4. The van der Waals surface area contributed by atoms with Crippen molar-refractivity contribution < 1.29 is 0 Å². The summed E-state index contributed by atoms with van der Waals surface area (Å²) in [6.45, 7) is 0. The van der Waals surface area contributed by atoms with Gasteiger partial charge in [-0.15, -0.1) is 23.1 Å². The molecular weight excluding hydrogens is 499 g/mol. The van der Waals surface area contributed by atoms with Crippen LogP contribution < -0.4 is 5.32 Å². The van der Waals surface area contributed by atoms with Gasteiger partial charge in [0.2, 0.25) is 0 Å². The molecule has 3 heteroatoms. The van der Waals surface area contributed by atoms with Gasteiger partial charge in [-0.2, -0.15) is 0 Å². The first kappa shape index (κ1) is 23.6. The third-order valence-electron chi connectivity index (χ3n) is 7.71. The van der Waals surface area contributed by atoms with E-state index in [0.717, 1.165) is 12.1 Å². The molecule has 38 heavy (non-hydrogen) atoms. The third kappa shape index (κ3) is 4.20. The molecule has 0 radical (unpaired) electrons. The van der Waals surface area contributed by atoms with E-state index >= 15 is 0 Å². The summed E-state index contributed by atoms with van der Waals surface area (Å²) in [7, 11) is 0. The average molecular weight is 528 g/mol. The molecule has 1 N–H and O–H groups in total. The number of nitrogens with one attached hydrogen (secondary N) is 1. The Hall–Kier alpha value is -3.53. The largest absolute Gasteiger partial charge is 0.355 e. The van der Waals surface area contributed by atoms with Crippen molar-refractivity contribution >= 4 is 71.0 Å². The van der Waals surface area contributed by atoms with E-state index in [1.54, 1.807) is 0 Å². The first-order chi connectivity index (χ1) is 18.8. The van der Waals surface area contributed by atoms with Crippen LogP contribution in [-0.4, -0.2) is 6.26 Å². The second kappa shape index (κ2) is 9.98. The minimum absolute atomic E-state index is 1.13. The van der Waals surface area contributed by atoms with Crippen molar-refractivity contribution in [2.75, 3.05) is 11.6 Å². The smallest absolute Gasteiger partial charge is 0.0470 e. The first-order valence-electron chi connectivity index (χ1n) is 13.4. The Balaban J connectivity index is 1.39. The zero-order valence-corrected chi connectivity index (χ0v) is 23.1. The molecular formula is C35H29NS2. The maximum absolute atomic E-state index is 3.86. The van der Waals surface area contributed by atoms with E-state index in [2.05, 4.69) is 115 Å². The molecule has 7 rings (SSSR count). The summed E-state index contributed by atoms with van der Waals surface area (Å²) in [5.74, 6) is 0. The molecule has 1 aliphatic carbocycles. The van der Waals surface area contributed by atoms with Crippen LogP contribution in [0, 0.1) is 0 Å². The minimum atomic E-state index is 1.13. The first-order valence-corrected chi connectivity index (χ1v) is 15.4. The molecule has 0 atom stereocenters. The Labute approximate surface area is 232 Å². The summed E-state index contributed by atoms with van der Waals surface area (Å²) in [6.07, 6.45) is 9.56. The molecule has 6 aromatic rings. The van der Waals surface area contributed by atoms with Gasteiger partial charge < -0.3 is 5.32 Å². The van der Waals surface area contributed by atoms with E-state index in [9.17, 15) is 0 Å². The Morgan fingerprint density at radius 1 is 0.711 bits per heavy atom. The Kier molecular flexibility index (Phi) is 6.19. The summed E-state index contributed by atoms with van der Waals surface area (Å²) in [5, 5.41) is 9.11. The Morgan fingerprint density at radius 2 is 1.53 bits per heavy atom. The number of rotatable bonds is 5. The van der Waals surface area contributed by atoms with E-state index in [-0.39, 0.29) is 0 Å². The molecule has 0 bridgehead atoms. The number of hydrogen-bond acceptors (Lipinski definition) is 3. The molecule has 0 unspecified atom stereocenters. The summed E-state index contributed by atoms with van der Waals surface area (Å²) >= 11 is 3.70. The fourth-order valence-corrected chi connectivity index (χ4v) is 7.71. The lowest BCUT2D eigenvalue weighted by molar-refractivity contribution is 0.742. The van der Waals surface area contributed by atoms with E-state index < -0.39 is 0 Å². The van der Waals surface area contributed by atoms with Crippen LogP contribution in [0.2, 0.25) is 0 Å². The number of hydrogen-bond donors (Lipinski definition) is 1. The lowest BCUT2D eigenvalue weighted by Gasteiger charge is -2.19. The molecule has 5 aromatic carbocycles. The second-order valence-electron chi connectivity index (χ2n) is 10.0. The van der Waals surface area contributed by atoms with Gasteiger partial charge >= 0.3 is 0 Å². The second-order valence-corrected chi connectivity index (χ2v) is 11.9. The predicted octanol–water partition coefficient (Wildman–Crippen LogP) is 11.3. The number of allylic oxidation sites excluding steroid dienone is 2. The van der Waals surface area contributed by atoms with Gasteiger partial charge in [-0.1, -0.05) is 72.8 Å². The average Bonchev–Trinajstić information content (AvgIpc) is 3.35. The van der Waals surface area contributed by atoms with Gasteiger partial charge in [0.15, 0.2) is 0 Å². The normalized spacial score (nSPS) is 13.8. The van der Waals surface area contributed by atoms with E-state index in [4.69, 9.17) is 0 Å². The predicted molar refractivity (Wildman–Crippen MR) is 170 cm³/mol. The third-order valence-corrected chi connectivity index (χ3v) is 9.71. The van der Waals surface area contributed by atoms with Gasteiger partial charge in [-0.3, -0.25) is 0 Å². The maximum atomic E-state index is 3.86. The molecule has 1 nitrogen and oxygen atoms in total. The van der Waals surface area contributed by atoms with Crippen molar-refractivity contribution in [2.45, 2.75) is 30.6 Å². The van der Waals surface area contributed by atoms with Crippen molar-refractivity contribution in [1.29, 1.82) is 0 Å². The van der Waals surface area contributed by atoms with Gasteiger partial charge in [-0.05, 0) is 89.7 Å². The molecule has 1 heterocycles. The molecule has 1 aromatic heterocycles. The lowest BCUT2D eigenvalue weighted by Crippen LogP contribution is -1.98. The molecule has 186 valence electrons. The van der Waals surface area contributed by atoms with Gasteiger partial charge in [-0.25, -0.2) is 0 Å². The summed E-state index contributed by atoms with van der Waals surface area (Å²) < 4.78 is 2.67. The van der Waals surface area contributed by atoms with Crippen LogP contribution in [0.5, 0.6) is 0 Å². The standard InChI is InChI=1S/C35H29NS2/c1-37-35-27-12-6-5-11-24(27)15-19-30(35)28-18-16-25(23-9-3-2-4-10-23)21-32(28)36-26-17-20-34-31(22-26)29-13-7-8-14-33(29)38-34/h5-9,11-22,36H,2-4,10H2,1H3. The molecule has 0 fully saturated rings. The highest BCUT2D eigenvalue weighted by Crippen LogP contribution is 2.43. The van der Waals surface area contributed by atoms with Gasteiger partial charge in [0.25, 0.3) is 0 Å². The topological polar surface area (TPSA) is 12.0 Å². The minimum Gasteiger partial charge on any atom is -0.355 e. The molecule has 0 saturated carbocycles. The van der Waals surface area contributed by atoms with E-state index in [0.29, 0.717) is 0 Å². The molecule has 0 amide bonds. The molecule has 0 spiro atoms. The molecule has 0 saturated heterocycles. The monoisotopic (exact) mass is 527 g/mol. The summed E-state index contributed by atoms with van der Waals surface area (Å²) in [5.41, 5.74) is 7.64. The van der Waals surface area contributed by atoms with Crippen LogP contribution in [0.3, 0.4) is 0 Å². The van der Waals surface area contributed by atoms with Gasteiger partial charge in [0, 0.05) is 42.0 Å². The van der Waals surface area contributed by atoms with Gasteiger partial charge in [0.1, 0.15) is 0 Å². The summed E-state index contributed by atoms with van der Waals surface area (Å²) in [6, 6.07) is 35.8. The fourth-order valence-electron chi connectivity index (χ4n) is 5.82. The highest BCUT2D eigenvalue weighted by Gasteiger charge is 2.16. The Morgan fingerprint density at radius 3 is 2.39 bits per heavy atom. The van der Waals surface area contributed by atoms with Crippen LogP contribution in [0.4, 0.5) is 11.4 Å². The zero-order chi connectivity index (χ0) is 25.5. The fraction of sp³-hybridized carbons (Fsp3) is 0.143. The van der Waals surface area contributed by atoms with Crippen LogP contribution in [-0.2, 0) is 0 Å². The molecule has 0 aliphatic heterocycles. The van der Waals surface area contributed by atoms with E-state index in [1.807, 2.05) is 23.1 Å². The van der Waals surface area contributed by atoms with Crippen LogP contribution in [0.25, 0.3) is 47.6 Å². The maximum Gasteiger partial charge on any atom is 0.0470 e. The van der Waals surface area contributed by atoms with Crippen molar-refractivity contribution in [2.24, 2.45) is 0 Å². The van der Waals surface area contributed by atoms with Crippen molar-refractivity contribution in [3.8, 4) is 11.1 Å². The van der Waals surface area contributed by atoms with Crippen LogP contribution >= 0.6 is 23.1 Å². The number of thiophene rings is 1. The lowest BCUT2D eigenvalue weighted by atomic mass is 9.91. The highest BCUT2D eigenvalue weighted by atomic mass is 32.2. The van der Waals surface area contributed by atoms with Crippen molar-refractivity contribution in [1.82, 2.24) is 0 Å². The number of anilines is 2. The zero-order valence-electron chi connectivity index (χ0n) is 21.5. The quantitative estimate of drug-likeness (QED) is 0.224. The van der Waals surface area contributed by atoms with Crippen LogP contribution in [0.15, 0.2) is 108 Å². The Bertz CT molecular complexity index is 1840. The van der Waals surface area contributed by atoms with Crippen molar-refractivity contribution in [3.63, 3.8) is 0 Å².